The van der Waals surface area contributed by atoms with Crippen LogP contribution in [0.15, 0.2) is 85.1 Å². The highest BCUT2D eigenvalue weighted by Gasteiger charge is 2.26. The molecule has 2 N–H and O–H groups in total. The fourth-order valence-corrected chi connectivity index (χ4v) is 8.90. The number of benzene rings is 3. The number of hydrogen-bond acceptors (Lipinski definition) is 12. The number of ether oxygens (including phenoxy) is 4. The average Bonchev–Trinajstić information content (AvgIpc) is 3.39. The number of aryl methyl sites for hydroxylation is 1. The first-order valence-corrected chi connectivity index (χ1v) is 25.7. The summed E-state index contributed by atoms with van der Waals surface area (Å²) in [6.45, 7) is 17.4. The third kappa shape index (κ3) is 16.8. The van der Waals surface area contributed by atoms with Gasteiger partial charge in [0.1, 0.15) is 5.60 Å². The summed E-state index contributed by atoms with van der Waals surface area (Å²) in [4.78, 5) is 80.7. The van der Waals surface area contributed by atoms with E-state index in [0.717, 1.165) is 43.6 Å². The number of aromatic nitrogens is 1. The van der Waals surface area contributed by atoms with Crippen molar-refractivity contribution in [3.05, 3.63) is 113 Å². The maximum atomic E-state index is 14.0. The molecule has 0 radical (unpaired) electrons. The number of pyridine rings is 1. The van der Waals surface area contributed by atoms with Crippen LogP contribution in [-0.2, 0) is 30.2 Å². The maximum Gasteiger partial charge on any atom is 0.319 e. The van der Waals surface area contributed by atoms with E-state index in [9.17, 15) is 24.0 Å². The molecule has 1 fully saturated rings. The van der Waals surface area contributed by atoms with Gasteiger partial charge in [-0.05, 0) is 114 Å². The van der Waals surface area contributed by atoms with Gasteiger partial charge in [-0.3, -0.25) is 29.1 Å². The van der Waals surface area contributed by atoms with Gasteiger partial charge in [0, 0.05) is 107 Å². The molecule has 0 saturated carbocycles. The summed E-state index contributed by atoms with van der Waals surface area (Å²) in [5.41, 5.74) is 5.79. The van der Waals surface area contributed by atoms with Gasteiger partial charge in [0.15, 0.2) is 0 Å². The molecule has 73 heavy (non-hydrogen) atoms. The van der Waals surface area contributed by atoms with Crippen LogP contribution in [0.5, 0.6) is 0 Å². The van der Waals surface area contributed by atoms with Gasteiger partial charge >= 0.3 is 12.0 Å². The molecule has 0 spiro atoms. The molecule has 1 unspecified atom stereocenters. The van der Waals surface area contributed by atoms with E-state index in [4.69, 9.17) is 18.9 Å². The number of amides is 5. The number of anilines is 2. The Morgan fingerprint density at radius 1 is 0.726 bits per heavy atom. The lowest BCUT2D eigenvalue weighted by Gasteiger charge is -2.37. The van der Waals surface area contributed by atoms with Crippen molar-refractivity contribution in [1.82, 2.24) is 29.9 Å². The van der Waals surface area contributed by atoms with Gasteiger partial charge in [-0.15, -0.1) is 0 Å². The summed E-state index contributed by atoms with van der Waals surface area (Å²) in [6.07, 6.45) is 4.69. The van der Waals surface area contributed by atoms with Crippen molar-refractivity contribution in [3.63, 3.8) is 0 Å². The molecular weight excluding hydrogens is 929 g/mol. The fraction of sp³-hybridized carbons (Fsp3) is 0.500. The Bertz CT molecular complexity index is 2470. The topological polar surface area (TPSA) is 175 Å². The van der Waals surface area contributed by atoms with Crippen molar-refractivity contribution in [3.8, 4) is 11.3 Å². The normalized spacial score (nSPS) is 14.7. The molecule has 3 aromatic carbocycles. The molecule has 2 heterocycles. The van der Waals surface area contributed by atoms with Crippen LogP contribution in [0, 0.1) is 0 Å². The summed E-state index contributed by atoms with van der Waals surface area (Å²) in [7, 11) is 3.52. The molecular formula is C56H76N8O9. The molecule has 1 atom stereocenters. The van der Waals surface area contributed by atoms with E-state index < -0.39 is 5.60 Å². The van der Waals surface area contributed by atoms with Gasteiger partial charge < -0.3 is 49.2 Å². The van der Waals surface area contributed by atoms with Crippen molar-refractivity contribution in [2.45, 2.75) is 71.9 Å². The van der Waals surface area contributed by atoms with Crippen molar-refractivity contribution in [2.24, 2.45) is 0 Å². The molecule has 17 heteroatoms. The maximum absolute atomic E-state index is 14.0. The first-order valence-electron chi connectivity index (χ1n) is 25.7. The van der Waals surface area contributed by atoms with Crippen LogP contribution in [-0.4, -0.2) is 173 Å². The van der Waals surface area contributed by atoms with Gasteiger partial charge in [-0.1, -0.05) is 30.3 Å². The van der Waals surface area contributed by atoms with Gasteiger partial charge in [0.2, 0.25) is 0 Å². The number of likely N-dealkylation sites (N-methyl/N-ethyl adjacent to an activating group) is 2. The summed E-state index contributed by atoms with van der Waals surface area (Å²) in [5, 5.41) is 6.34. The van der Waals surface area contributed by atoms with Crippen LogP contribution < -0.4 is 15.5 Å². The van der Waals surface area contributed by atoms with Gasteiger partial charge in [0.05, 0.1) is 63.5 Å². The number of carbonyl (C=O) groups is 5. The highest BCUT2D eigenvalue weighted by molar-refractivity contribution is 6.08. The zero-order chi connectivity index (χ0) is 52.3. The highest BCUT2D eigenvalue weighted by Crippen LogP contribution is 2.33. The van der Waals surface area contributed by atoms with E-state index in [1.165, 1.54) is 5.56 Å². The average molecular weight is 1010 g/mol. The van der Waals surface area contributed by atoms with E-state index >= 15 is 0 Å². The number of carbonyl (C=O) groups excluding carboxylic acids is 5. The van der Waals surface area contributed by atoms with E-state index in [0.29, 0.717) is 112 Å². The Hall–Kier alpha value is -6.40. The zero-order valence-corrected chi connectivity index (χ0v) is 44.0. The standard InChI is InChI=1S/C56H76N8O9/c1-8-63(9-2)45-20-21-49(47(40-45)50-39-43(22-24-57-50)53(67)58-48-19-13-15-41-14-10-11-18-46(41)48)59-52(66)42-16-12-17-44(38-42)54(68)60(6)25-26-62-27-29-64(30-28-62)55(69)61(7)31-33-71-35-37-72-36-34-70-32-23-51(65)73-56(3,4)5/h10-12,14,16-18,20-22,24,38-40,48H,8-9,13,15,19,23,25-37H2,1-7H3,(H,58,67)(H,59,66). The Kier molecular flexibility index (Phi) is 21.1. The molecule has 1 aromatic heterocycles. The monoisotopic (exact) mass is 1000 g/mol. The number of nitrogens with zero attached hydrogens (tertiary/aromatic N) is 6. The molecule has 6 rings (SSSR count). The van der Waals surface area contributed by atoms with Gasteiger partial charge in [0.25, 0.3) is 17.7 Å². The SMILES string of the molecule is CCN(CC)c1ccc(NC(=O)c2cccc(C(=O)N(C)CCN3CCN(C(=O)N(C)CCOCCOCCOCCC(=O)OC(C)(C)C)CC3)c2)c(-c2cc(C(=O)NC3CCCc4ccccc43)ccn2)c1. The lowest BCUT2D eigenvalue weighted by molar-refractivity contribution is -0.156. The molecule has 394 valence electrons. The molecule has 0 bridgehead atoms. The van der Waals surface area contributed by atoms with Crippen LogP contribution in [0.25, 0.3) is 11.3 Å². The number of urea groups is 1. The molecule has 5 amide bonds. The summed E-state index contributed by atoms with van der Waals surface area (Å²) >= 11 is 0. The second kappa shape index (κ2) is 27.6. The predicted molar refractivity (Wildman–Crippen MR) is 283 cm³/mol. The Morgan fingerprint density at radius 2 is 1.41 bits per heavy atom. The number of nitrogens with one attached hydrogen (secondary N) is 2. The molecule has 4 aromatic rings. The van der Waals surface area contributed by atoms with E-state index in [2.05, 4.69) is 51.4 Å². The Balaban J connectivity index is 0.946. The third-order valence-electron chi connectivity index (χ3n) is 13.0. The third-order valence-corrected chi connectivity index (χ3v) is 13.0. The van der Waals surface area contributed by atoms with Gasteiger partial charge in [-0.2, -0.15) is 0 Å². The molecule has 1 aliphatic carbocycles. The quantitative estimate of drug-likeness (QED) is 0.0536. The smallest absolute Gasteiger partial charge is 0.319 e. The largest absolute Gasteiger partial charge is 0.460 e. The zero-order valence-electron chi connectivity index (χ0n) is 44.0. The van der Waals surface area contributed by atoms with E-state index in [-0.39, 0.29) is 48.8 Å². The van der Waals surface area contributed by atoms with Crippen molar-refractivity contribution < 1.29 is 42.9 Å². The van der Waals surface area contributed by atoms with Crippen molar-refractivity contribution in [2.75, 3.05) is 123 Å². The first-order chi connectivity index (χ1) is 35.1. The van der Waals surface area contributed by atoms with E-state index in [1.54, 1.807) is 66.5 Å². The molecule has 1 aliphatic heterocycles. The van der Waals surface area contributed by atoms with Crippen LogP contribution in [0.4, 0.5) is 16.2 Å². The van der Waals surface area contributed by atoms with Crippen LogP contribution in [0.3, 0.4) is 0 Å². The highest BCUT2D eigenvalue weighted by atomic mass is 16.6. The van der Waals surface area contributed by atoms with Gasteiger partial charge in [-0.25, -0.2) is 4.79 Å². The van der Waals surface area contributed by atoms with E-state index in [1.807, 2.05) is 56.0 Å². The van der Waals surface area contributed by atoms with Crippen LogP contribution >= 0.6 is 0 Å². The number of fused-ring (bicyclic) bond motifs is 1. The van der Waals surface area contributed by atoms with Crippen LogP contribution in [0.2, 0.25) is 0 Å². The minimum atomic E-state index is -0.511. The fourth-order valence-electron chi connectivity index (χ4n) is 8.90. The lowest BCUT2D eigenvalue weighted by Crippen LogP contribution is -2.53. The number of piperazine rings is 1. The van der Waals surface area contributed by atoms with Crippen LogP contribution in [0.1, 0.15) is 102 Å². The summed E-state index contributed by atoms with van der Waals surface area (Å²) < 4.78 is 21.9. The first kappa shape index (κ1) is 55.9. The number of rotatable bonds is 24. The Morgan fingerprint density at radius 3 is 2.14 bits per heavy atom. The number of hydrogen-bond donors (Lipinski definition) is 2. The Labute approximate surface area is 431 Å². The minimum Gasteiger partial charge on any atom is -0.460 e. The lowest BCUT2D eigenvalue weighted by atomic mass is 9.87. The second-order valence-corrected chi connectivity index (χ2v) is 19.4. The molecule has 2 aliphatic rings. The predicted octanol–water partition coefficient (Wildman–Crippen LogP) is 7.18. The molecule has 1 saturated heterocycles. The van der Waals surface area contributed by atoms with Crippen molar-refractivity contribution >= 4 is 41.1 Å². The molecule has 17 nitrogen and oxygen atoms in total. The number of esters is 1. The summed E-state index contributed by atoms with van der Waals surface area (Å²) in [6, 6.07) is 24.2. The second-order valence-electron chi connectivity index (χ2n) is 19.4. The summed E-state index contributed by atoms with van der Waals surface area (Å²) in [5.74, 6) is -1.07. The minimum absolute atomic E-state index is 0.0564. The van der Waals surface area contributed by atoms with Crippen molar-refractivity contribution in [1.29, 1.82) is 0 Å².